The average molecular weight is 167 g/mol. The van der Waals surface area contributed by atoms with Crippen molar-refractivity contribution in [2.45, 2.75) is 6.04 Å². The molecule has 1 aliphatic heterocycles. The maximum Gasteiger partial charge on any atom is 0.0263 e. The van der Waals surface area contributed by atoms with Crippen LogP contribution in [0.4, 0.5) is 0 Å². The molecule has 1 N–H and O–H groups in total. The zero-order valence-corrected chi connectivity index (χ0v) is 7.17. The molecule has 48 valence electrons. The number of rotatable bonds is 1. The Kier molecular flexibility index (Phi) is 3.50. The second-order valence-electron chi connectivity index (χ2n) is 1.62. The molecule has 1 heterocycles. The minimum absolute atomic E-state index is 0.742. The lowest BCUT2D eigenvalue weighted by atomic mass is 10.4. The quantitative estimate of drug-likeness (QED) is 0.595. The first-order valence-electron chi connectivity index (χ1n) is 2.52. The zero-order valence-electron chi connectivity index (χ0n) is 4.72. The Hall–Kier alpha value is 1.01. The summed E-state index contributed by atoms with van der Waals surface area (Å²) in [7, 11) is 7.83. The summed E-state index contributed by atoms with van der Waals surface area (Å²) in [5.74, 6) is 2.52. The first kappa shape index (κ1) is 7.12. The summed E-state index contributed by atoms with van der Waals surface area (Å²) in [4.78, 5) is 0. The summed E-state index contributed by atoms with van der Waals surface area (Å²) in [6.07, 6.45) is 0. The topological polar surface area (TPSA) is 12.0 Å². The van der Waals surface area contributed by atoms with Gasteiger partial charge in [0.25, 0.3) is 0 Å². The first-order chi connectivity index (χ1) is 3.93. The highest BCUT2D eigenvalue weighted by molar-refractivity contribution is 9.09. The van der Waals surface area contributed by atoms with Crippen LogP contribution in [-0.4, -0.2) is 24.6 Å². The summed E-state index contributed by atoms with van der Waals surface area (Å²) in [5.41, 5.74) is 0. The van der Waals surface area contributed by atoms with Crippen LogP contribution >= 0.6 is 31.4 Å². The largest absolute Gasteiger partial charge is 0.315 e. The van der Waals surface area contributed by atoms with Crippen molar-refractivity contribution in [3.05, 3.63) is 0 Å². The molecule has 0 spiro atoms. The normalized spacial score (nSPS) is 23.6. The predicted octanol–water partition coefficient (Wildman–Crippen LogP) is 1.62. The molecule has 1 fully saturated rings. The maximum atomic E-state index is 3.25. The molecule has 1 nitrogen and oxygen atoms in total. The molecule has 0 atom stereocenters. The van der Waals surface area contributed by atoms with E-state index in [-0.39, 0.29) is 0 Å². The van der Waals surface area contributed by atoms with Gasteiger partial charge in [-0.25, -0.2) is 0 Å². The highest BCUT2D eigenvalue weighted by Gasteiger charge is 2.11. The van der Waals surface area contributed by atoms with Crippen LogP contribution in [0.3, 0.4) is 0 Å². The maximum absolute atomic E-state index is 3.25. The number of hydrogen-bond acceptors (Lipinski definition) is 4. The summed E-state index contributed by atoms with van der Waals surface area (Å²) in [6, 6.07) is 0.742. The van der Waals surface area contributed by atoms with E-state index in [1.165, 1.54) is 11.5 Å². The van der Waals surface area contributed by atoms with Crippen LogP contribution in [0.1, 0.15) is 0 Å². The zero-order chi connectivity index (χ0) is 5.82. The van der Waals surface area contributed by atoms with Crippen LogP contribution in [-0.2, 0) is 0 Å². The molecule has 0 aromatic carbocycles. The fraction of sp³-hybridized carbons (Fsp3) is 1.00. The molecule has 0 bridgehead atoms. The molecule has 1 aliphatic rings. The van der Waals surface area contributed by atoms with Crippen molar-refractivity contribution in [2.24, 2.45) is 0 Å². The molecule has 0 aliphatic carbocycles. The monoisotopic (exact) mass is 167 g/mol. The minimum Gasteiger partial charge on any atom is -0.315 e. The summed E-state index contributed by atoms with van der Waals surface area (Å²) >= 11 is 0. The van der Waals surface area contributed by atoms with E-state index in [0.717, 1.165) is 6.04 Å². The third kappa shape index (κ3) is 2.09. The van der Waals surface area contributed by atoms with Crippen LogP contribution in [0.25, 0.3) is 0 Å². The van der Waals surface area contributed by atoms with Crippen LogP contribution in [0.15, 0.2) is 0 Å². The van der Waals surface area contributed by atoms with Crippen molar-refractivity contribution < 1.29 is 0 Å². The molecule has 1 saturated heterocycles. The van der Waals surface area contributed by atoms with Crippen LogP contribution in [0.2, 0.25) is 0 Å². The lowest BCUT2D eigenvalue weighted by Crippen LogP contribution is -2.30. The average Bonchev–Trinajstić information content (AvgIpc) is 1.90. The molecule has 0 radical (unpaired) electrons. The molecular formula is C4H9NS3. The highest BCUT2D eigenvalue weighted by atomic mass is 33.5. The number of nitrogens with one attached hydrogen (secondary N) is 1. The summed E-state index contributed by atoms with van der Waals surface area (Å²) in [6.45, 7) is 0. The number of hydrogen-bond donors (Lipinski definition) is 1. The van der Waals surface area contributed by atoms with Gasteiger partial charge in [-0.05, 0) is 16.9 Å². The van der Waals surface area contributed by atoms with E-state index >= 15 is 0 Å². The second-order valence-corrected chi connectivity index (χ2v) is 5.94. The van der Waals surface area contributed by atoms with Crippen molar-refractivity contribution in [3.63, 3.8) is 0 Å². The van der Waals surface area contributed by atoms with Crippen LogP contribution in [0, 0.1) is 0 Å². The molecule has 1 rings (SSSR count). The molecule has 0 aromatic heterocycles. The van der Waals surface area contributed by atoms with E-state index in [4.69, 9.17) is 0 Å². The van der Waals surface area contributed by atoms with E-state index < -0.39 is 0 Å². The van der Waals surface area contributed by atoms with Crippen molar-refractivity contribution in [1.29, 1.82) is 0 Å². The van der Waals surface area contributed by atoms with Gasteiger partial charge in [0.2, 0.25) is 0 Å². The van der Waals surface area contributed by atoms with E-state index in [2.05, 4.69) is 5.32 Å². The lowest BCUT2D eigenvalue weighted by Gasteiger charge is -2.18. The Morgan fingerprint density at radius 2 is 2.00 bits per heavy atom. The van der Waals surface area contributed by atoms with Gasteiger partial charge in [0.1, 0.15) is 0 Å². The third-order valence-corrected chi connectivity index (χ3v) is 5.44. The lowest BCUT2D eigenvalue weighted by molar-refractivity contribution is 0.688. The molecule has 8 heavy (non-hydrogen) atoms. The molecule has 0 saturated carbocycles. The van der Waals surface area contributed by atoms with Gasteiger partial charge >= 0.3 is 0 Å². The molecule has 0 amide bonds. The highest BCUT2D eigenvalue weighted by Crippen LogP contribution is 2.39. The first-order valence-corrected chi connectivity index (χ1v) is 6.34. The Bertz CT molecular complexity index is 62.3. The van der Waals surface area contributed by atoms with Gasteiger partial charge in [-0.2, -0.15) is 0 Å². The van der Waals surface area contributed by atoms with Gasteiger partial charge in [-0.3, -0.25) is 0 Å². The van der Waals surface area contributed by atoms with Crippen molar-refractivity contribution >= 4 is 31.4 Å². The molecule has 0 unspecified atom stereocenters. The Morgan fingerprint density at radius 3 is 2.38 bits per heavy atom. The third-order valence-electron chi connectivity index (χ3n) is 1.04. The van der Waals surface area contributed by atoms with E-state index in [1.807, 2.05) is 38.5 Å². The van der Waals surface area contributed by atoms with Crippen LogP contribution in [0.5, 0.6) is 0 Å². The van der Waals surface area contributed by atoms with E-state index in [9.17, 15) is 0 Å². The van der Waals surface area contributed by atoms with Gasteiger partial charge in [-0.15, -0.1) is 0 Å². The predicted molar refractivity (Wildman–Crippen MR) is 45.4 cm³/mol. The van der Waals surface area contributed by atoms with Gasteiger partial charge in [0.05, 0.1) is 0 Å². The summed E-state index contributed by atoms with van der Waals surface area (Å²) < 4.78 is 0. The Morgan fingerprint density at radius 1 is 1.38 bits per heavy atom. The van der Waals surface area contributed by atoms with Crippen molar-refractivity contribution in [1.82, 2.24) is 5.32 Å². The fourth-order valence-electron chi connectivity index (χ4n) is 0.469. The van der Waals surface area contributed by atoms with Gasteiger partial charge in [0.15, 0.2) is 0 Å². The molecule has 0 aromatic rings. The molecular weight excluding hydrogens is 158 g/mol. The fourth-order valence-corrected chi connectivity index (χ4v) is 4.83. The Labute approximate surface area is 61.5 Å². The van der Waals surface area contributed by atoms with E-state index in [1.54, 1.807) is 0 Å². The minimum atomic E-state index is 0.742. The van der Waals surface area contributed by atoms with Gasteiger partial charge in [0, 0.05) is 17.5 Å². The standard InChI is InChI=1S/C4H9NS3/c1-5-4-2-6-8-7-3-4/h4-5H,2-3H2,1H3. The second kappa shape index (κ2) is 3.93. The van der Waals surface area contributed by atoms with Crippen LogP contribution < -0.4 is 5.32 Å². The SMILES string of the molecule is CNC1CSSSC1. The van der Waals surface area contributed by atoms with Crippen molar-refractivity contribution in [3.8, 4) is 0 Å². The Balaban J connectivity index is 2.13. The molecule has 4 heteroatoms. The summed E-state index contributed by atoms with van der Waals surface area (Å²) in [5, 5.41) is 3.25. The van der Waals surface area contributed by atoms with Gasteiger partial charge < -0.3 is 5.32 Å². The van der Waals surface area contributed by atoms with Crippen molar-refractivity contribution in [2.75, 3.05) is 18.6 Å². The van der Waals surface area contributed by atoms with E-state index in [0.29, 0.717) is 0 Å². The van der Waals surface area contributed by atoms with Gasteiger partial charge in [-0.1, -0.05) is 21.6 Å². The smallest absolute Gasteiger partial charge is 0.0263 e.